The molecule has 5 heteroatoms. The third-order valence-corrected chi connectivity index (χ3v) is 3.09. The molecule has 0 saturated heterocycles. The molecule has 0 bridgehead atoms. The predicted octanol–water partition coefficient (Wildman–Crippen LogP) is 2.41. The summed E-state index contributed by atoms with van der Waals surface area (Å²) in [5.41, 5.74) is 5.52. The van der Waals surface area contributed by atoms with Crippen molar-refractivity contribution < 1.29 is 18.3 Å². The van der Waals surface area contributed by atoms with E-state index in [1.54, 1.807) is 25.1 Å². The number of alkyl halides is 2. The summed E-state index contributed by atoms with van der Waals surface area (Å²) in [6.07, 6.45) is -3.26. The Hall–Kier alpha value is -1.49. The number of aryl methyl sites for hydroxylation is 1. The SMILES string of the molecule is CCOC(=O)C(CN)(CC(F)F)c1cccc(C)c1. The van der Waals surface area contributed by atoms with Gasteiger partial charge in [-0.15, -0.1) is 0 Å². The van der Waals surface area contributed by atoms with Crippen molar-refractivity contribution in [3.63, 3.8) is 0 Å². The molecule has 0 aliphatic rings. The van der Waals surface area contributed by atoms with Gasteiger partial charge in [0.25, 0.3) is 0 Å². The van der Waals surface area contributed by atoms with E-state index >= 15 is 0 Å². The van der Waals surface area contributed by atoms with Gasteiger partial charge in [-0.1, -0.05) is 29.8 Å². The smallest absolute Gasteiger partial charge is 0.318 e. The number of esters is 1. The average molecular weight is 271 g/mol. The van der Waals surface area contributed by atoms with Crippen molar-refractivity contribution in [1.29, 1.82) is 0 Å². The Bertz CT molecular complexity index is 437. The third kappa shape index (κ3) is 3.50. The van der Waals surface area contributed by atoms with Gasteiger partial charge in [-0.25, -0.2) is 8.78 Å². The van der Waals surface area contributed by atoms with Crippen LogP contribution in [0.2, 0.25) is 0 Å². The molecule has 1 aromatic rings. The van der Waals surface area contributed by atoms with Gasteiger partial charge in [0.05, 0.1) is 6.61 Å². The zero-order valence-corrected chi connectivity index (χ0v) is 11.2. The van der Waals surface area contributed by atoms with Gasteiger partial charge in [0.15, 0.2) is 0 Å². The maximum atomic E-state index is 12.8. The fourth-order valence-corrected chi connectivity index (χ4v) is 2.08. The van der Waals surface area contributed by atoms with Gasteiger partial charge in [0, 0.05) is 13.0 Å². The molecule has 106 valence electrons. The summed E-state index contributed by atoms with van der Waals surface area (Å²) >= 11 is 0. The van der Waals surface area contributed by atoms with Crippen molar-refractivity contribution in [3.8, 4) is 0 Å². The zero-order valence-electron chi connectivity index (χ0n) is 11.2. The molecule has 1 unspecified atom stereocenters. The first-order valence-corrected chi connectivity index (χ1v) is 6.19. The Balaban J connectivity index is 3.26. The van der Waals surface area contributed by atoms with Crippen molar-refractivity contribution in [2.24, 2.45) is 5.73 Å². The number of ether oxygens (including phenoxy) is 1. The number of nitrogens with two attached hydrogens (primary N) is 1. The second-order valence-corrected chi connectivity index (χ2v) is 4.47. The molecule has 0 spiro atoms. The van der Waals surface area contributed by atoms with Crippen molar-refractivity contribution in [2.45, 2.75) is 32.1 Å². The van der Waals surface area contributed by atoms with Crippen LogP contribution in [0, 0.1) is 6.92 Å². The molecule has 19 heavy (non-hydrogen) atoms. The molecule has 3 nitrogen and oxygen atoms in total. The number of benzene rings is 1. The van der Waals surface area contributed by atoms with Crippen molar-refractivity contribution in [2.75, 3.05) is 13.2 Å². The van der Waals surface area contributed by atoms with Gasteiger partial charge in [-0.2, -0.15) is 0 Å². The minimum atomic E-state index is -2.63. The quantitative estimate of drug-likeness (QED) is 0.808. The summed E-state index contributed by atoms with van der Waals surface area (Å²) in [5, 5.41) is 0. The fraction of sp³-hybridized carbons (Fsp3) is 0.500. The van der Waals surface area contributed by atoms with Crippen LogP contribution >= 0.6 is 0 Å². The van der Waals surface area contributed by atoms with Crippen molar-refractivity contribution in [3.05, 3.63) is 35.4 Å². The third-order valence-electron chi connectivity index (χ3n) is 3.09. The summed E-state index contributed by atoms with van der Waals surface area (Å²) in [5.74, 6) is -0.691. The second kappa shape index (κ2) is 6.61. The van der Waals surface area contributed by atoms with Gasteiger partial charge < -0.3 is 10.5 Å². The van der Waals surface area contributed by atoms with Crippen LogP contribution in [0.1, 0.15) is 24.5 Å². The van der Waals surface area contributed by atoms with E-state index in [9.17, 15) is 13.6 Å². The summed E-state index contributed by atoms with van der Waals surface area (Å²) in [6, 6.07) is 6.89. The lowest BCUT2D eigenvalue weighted by Gasteiger charge is -2.30. The Kier molecular flexibility index (Phi) is 5.42. The van der Waals surface area contributed by atoms with Crippen LogP contribution in [0.3, 0.4) is 0 Å². The number of hydrogen-bond acceptors (Lipinski definition) is 3. The number of carbonyl (C=O) groups excluding carboxylic acids is 1. The molecule has 0 saturated carbocycles. The van der Waals surface area contributed by atoms with Gasteiger partial charge in [-0.3, -0.25) is 4.79 Å². The van der Waals surface area contributed by atoms with E-state index in [0.29, 0.717) is 5.56 Å². The van der Waals surface area contributed by atoms with E-state index < -0.39 is 24.2 Å². The van der Waals surface area contributed by atoms with Crippen molar-refractivity contribution in [1.82, 2.24) is 0 Å². The van der Waals surface area contributed by atoms with Gasteiger partial charge in [0.1, 0.15) is 5.41 Å². The highest BCUT2D eigenvalue weighted by Crippen LogP contribution is 2.32. The topological polar surface area (TPSA) is 52.3 Å². The summed E-state index contributed by atoms with van der Waals surface area (Å²) in [6.45, 7) is 3.39. The average Bonchev–Trinajstić information content (AvgIpc) is 2.36. The molecular weight excluding hydrogens is 252 g/mol. The first-order chi connectivity index (χ1) is 8.96. The van der Waals surface area contributed by atoms with E-state index in [1.807, 2.05) is 13.0 Å². The molecule has 1 rings (SSSR count). The van der Waals surface area contributed by atoms with E-state index in [4.69, 9.17) is 10.5 Å². The first kappa shape index (κ1) is 15.6. The molecule has 0 aliphatic carbocycles. The van der Waals surface area contributed by atoms with Gasteiger partial charge in [0.2, 0.25) is 6.43 Å². The largest absolute Gasteiger partial charge is 0.465 e. The van der Waals surface area contributed by atoms with Crippen LogP contribution < -0.4 is 5.73 Å². The minimum absolute atomic E-state index is 0.135. The molecule has 1 aromatic carbocycles. The highest BCUT2D eigenvalue weighted by Gasteiger charge is 2.43. The fourth-order valence-electron chi connectivity index (χ4n) is 2.08. The number of rotatable bonds is 6. The Morgan fingerprint density at radius 2 is 2.16 bits per heavy atom. The molecule has 1 atom stereocenters. The van der Waals surface area contributed by atoms with Crippen LogP contribution in [0.4, 0.5) is 8.78 Å². The standard InChI is InChI=1S/C14H19F2NO2/c1-3-19-13(18)14(9-17,8-12(15)16)11-6-4-5-10(2)7-11/h4-7,12H,3,8-9,17H2,1-2H3. The second-order valence-electron chi connectivity index (χ2n) is 4.47. The normalized spacial score (nSPS) is 14.2. The van der Waals surface area contributed by atoms with Crippen LogP contribution in [-0.2, 0) is 14.9 Å². The molecular formula is C14H19F2NO2. The minimum Gasteiger partial charge on any atom is -0.465 e. The molecule has 0 aliphatic heterocycles. The van der Waals surface area contributed by atoms with Crippen LogP contribution in [0.15, 0.2) is 24.3 Å². The summed E-state index contributed by atoms with van der Waals surface area (Å²) < 4.78 is 30.6. The Labute approximate surface area is 111 Å². The van der Waals surface area contributed by atoms with Crippen LogP contribution in [0.25, 0.3) is 0 Å². The van der Waals surface area contributed by atoms with E-state index in [2.05, 4.69) is 0 Å². The molecule has 0 fully saturated rings. The monoisotopic (exact) mass is 271 g/mol. The lowest BCUT2D eigenvalue weighted by Crippen LogP contribution is -2.45. The van der Waals surface area contributed by atoms with Gasteiger partial charge in [-0.05, 0) is 19.4 Å². The van der Waals surface area contributed by atoms with E-state index in [0.717, 1.165) is 5.56 Å². The summed E-state index contributed by atoms with van der Waals surface area (Å²) in [7, 11) is 0. The Morgan fingerprint density at radius 1 is 1.47 bits per heavy atom. The molecule has 0 aromatic heterocycles. The molecule has 2 N–H and O–H groups in total. The van der Waals surface area contributed by atoms with E-state index in [-0.39, 0.29) is 13.2 Å². The maximum Gasteiger partial charge on any atom is 0.318 e. The predicted molar refractivity (Wildman–Crippen MR) is 69.2 cm³/mol. The number of hydrogen-bond donors (Lipinski definition) is 1. The van der Waals surface area contributed by atoms with E-state index in [1.165, 1.54) is 0 Å². The van der Waals surface area contributed by atoms with Crippen LogP contribution in [-0.4, -0.2) is 25.5 Å². The summed E-state index contributed by atoms with van der Waals surface area (Å²) in [4.78, 5) is 12.1. The maximum absolute atomic E-state index is 12.8. The number of carbonyl (C=O) groups is 1. The molecule has 0 radical (unpaired) electrons. The first-order valence-electron chi connectivity index (χ1n) is 6.19. The zero-order chi connectivity index (χ0) is 14.5. The highest BCUT2D eigenvalue weighted by molar-refractivity contribution is 5.83. The number of halogens is 2. The Morgan fingerprint density at radius 3 is 2.63 bits per heavy atom. The van der Waals surface area contributed by atoms with Gasteiger partial charge >= 0.3 is 5.97 Å². The van der Waals surface area contributed by atoms with Crippen molar-refractivity contribution >= 4 is 5.97 Å². The lowest BCUT2D eigenvalue weighted by atomic mass is 9.77. The van der Waals surface area contributed by atoms with Crippen LogP contribution in [0.5, 0.6) is 0 Å². The lowest BCUT2D eigenvalue weighted by molar-refractivity contribution is -0.151. The highest BCUT2D eigenvalue weighted by atomic mass is 19.3. The molecule has 0 amide bonds. The molecule has 0 heterocycles.